The lowest BCUT2D eigenvalue weighted by Crippen LogP contribution is -2.13. The van der Waals surface area contributed by atoms with Crippen LogP contribution in [0.25, 0.3) is 0 Å². The fourth-order valence-corrected chi connectivity index (χ4v) is 2.43. The van der Waals surface area contributed by atoms with Crippen LogP contribution in [-0.2, 0) is 10.0 Å². The van der Waals surface area contributed by atoms with Crippen molar-refractivity contribution >= 4 is 21.4 Å². The molecule has 0 unspecified atom stereocenters. The summed E-state index contributed by atoms with van der Waals surface area (Å²) in [6.45, 7) is 1.57. The maximum Gasteiger partial charge on any atom is 0.278 e. The summed E-state index contributed by atoms with van der Waals surface area (Å²) in [6.07, 6.45) is 1.30. The van der Waals surface area contributed by atoms with Gasteiger partial charge in [0.2, 0.25) is 0 Å². The van der Waals surface area contributed by atoms with E-state index >= 15 is 0 Å². The van der Waals surface area contributed by atoms with Gasteiger partial charge in [-0.1, -0.05) is 6.07 Å². The van der Waals surface area contributed by atoms with Gasteiger partial charge in [0.1, 0.15) is 0 Å². The van der Waals surface area contributed by atoms with Gasteiger partial charge in [-0.15, -0.1) is 0 Å². The quantitative estimate of drug-likeness (QED) is 0.649. The van der Waals surface area contributed by atoms with Crippen LogP contribution in [0.5, 0.6) is 0 Å². The third-order valence-corrected chi connectivity index (χ3v) is 3.73. The normalized spacial score (nSPS) is 11.2. The second-order valence-electron chi connectivity index (χ2n) is 3.78. The summed E-state index contributed by atoms with van der Waals surface area (Å²) in [5, 5.41) is 16.5. The maximum atomic E-state index is 11.9. The van der Waals surface area contributed by atoms with Crippen molar-refractivity contribution in [1.29, 1.82) is 0 Å². The molecule has 0 amide bonds. The number of hydrogen-bond donors (Lipinski definition) is 2. The van der Waals surface area contributed by atoms with Gasteiger partial charge < -0.3 is 0 Å². The summed E-state index contributed by atoms with van der Waals surface area (Å²) in [7, 11) is -3.82. The highest BCUT2D eigenvalue weighted by Gasteiger charge is 2.18. The molecule has 0 radical (unpaired) electrons. The standard InChI is InChI=1S/C10H10N4O4S/c1-7-2-3-8(6-9(7)14(15)16)13-19(17,18)10-4-5-11-12-10/h2-6,13H,1H3,(H,11,12). The van der Waals surface area contributed by atoms with Gasteiger partial charge in [0.25, 0.3) is 15.7 Å². The number of aryl methyl sites for hydroxylation is 1. The molecule has 1 heterocycles. The Bertz CT molecular complexity index is 709. The number of nitro benzene ring substituents is 1. The fraction of sp³-hybridized carbons (Fsp3) is 0.100. The number of benzene rings is 1. The molecule has 0 bridgehead atoms. The van der Waals surface area contributed by atoms with Gasteiger partial charge >= 0.3 is 0 Å². The zero-order valence-corrected chi connectivity index (χ0v) is 10.6. The van der Waals surface area contributed by atoms with Crippen molar-refractivity contribution in [1.82, 2.24) is 10.2 Å². The number of anilines is 1. The molecule has 8 nitrogen and oxygen atoms in total. The molecular weight excluding hydrogens is 272 g/mol. The fourth-order valence-electron chi connectivity index (χ4n) is 1.47. The first-order valence-electron chi connectivity index (χ1n) is 5.17. The number of aromatic amines is 1. The van der Waals surface area contributed by atoms with Crippen molar-refractivity contribution in [2.75, 3.05) is 4.72 Å². The topological polar surface area (TPSA) is 118 Å². The van der Waals surface area contributed by atoms with Crippen LogP contribution in [0.3, 0.4) is 0 Å². The van der Waals surface area contributed by atoms with Crippen LogP contribution in [0.2, 0.25) is 0 Å². The first-order valence-corrected chi connectivity index (χ1v) is 6.66. The lowest BCUT2D eigenvalue weighted by Gasteiger charge is -2.06. The van der Waals surface area contributed by atoms with E-state index in [4.69, 9.17) is 0 Å². The maximum absolute atomic E-state index is 11.9. The van der Waals surface area contributed by atoms with Crippen molar-refractivity contribution in [3.05, 3.63) is 46.1 Å². The Morgan fingerprint density at radius 2 is 2.11 bits per heavy atom. The average molecular weight is 282 g/mol. The van der Waals surface area contributed by atoms with Crippen molar-refractivity contribution in [2.45, 2.75) is 11.9 Å². The van der Waals surface area contributed by atoms with Gasteiger partial charge in [0.05, 0.1) is 16.8 Å². The molecule has 2 aromatic rings. The minimum atomic E-state index is -3.82. The zero-order chi connectivity index (χ0) is 14.0. The molecule has 0 aliphatic heterocycles. The molecule has 0 spiro atoms. The third-order valence-electron chi connectivity index (χ3n) is 2.42. The van der Waals surface area contributed by atoms with Crippen molar-refractivity contribution in [3.8, 4) is 0 Å². The first kappa shape index (κ1) is 13.0. The number of nitrogens with zero attached hydrogens (tertiary/aromatic N) is 2. The number of H-pyrrole nitrogens is 1. The predicted molar refractivity (Wildman–Crippen MR) is 67.2 cm³/mol. The Morgan fingerprint density at radius 1 is 1.37 bits per heavy atom. The number of hydrogen-bond acceptors (Lipinski definition) is 5. The Hall–Kier alpha value is -2.42. The minimum absolute atomic E-state index is 0.115. The molecule has 19 heavy (non-hydrogen) atoms. The number of nitrogens with one attached hydrogen (secondary N) is 2. The van der Waals surface area contributed by atoms with E-state index in [1.54, 1.807) is 6.92 Å². The molecule has 1 aromatic carbocycles. The SMILES string of the molecule is Cc1ccc(NS(=O)(=O)c2ccn[nH]2)cc1[N+](=O)[O-]. The van der Waals surface area contributed by atoms with E-state index in [1.807, 2.05) is 0 Å². The van der Waals surface area contributed by atoms with E-state index < -0.39 is 14.9 Å². The van der Waals surface area contributed by atoms with Crippen LogP contribution in [0.15, 0.2) is 35.5 Å². The smallest absolute Gasteiger partial charge is 0.278 e. The molecule has 2 rings (SSSR count). The van der Waals surface area contributed by atoms with Crippen molar-refractivity contribution in [3.63, 3.8) is 0 Å². The van der Waals surface area contributed by atoms with Crippen LogP contribution >= 0.6 is 0 Å². The van der Waals surface area contributed by atoms with E-state index in [0.29, 0.717) is 5.56 Å². The number of aromatic nitrogens is 2. The molecule has 0 saturated carbocycles. The van der Waals surface area contributed by atoms with E-state index in [0.717, 1.165) is 0 Å². The van der Waals surface area contributed by atoms with Crippen molar-refractivity contribution in [2.24, 2.45) is 0 Å². The Morgan fingerprint density at radius 3 is 2.68 bits per heavy atom. The summed E-state index contributed by atoms with van der Waals surface area (Å²) in [4.78, 5) is 10.2. The molecule has 2 N–H and O–H groups in total. The molecule has 0 atom stereocenters. The molecular formula is C10H10N4O4S. The molecule has 1 aromatic heterocycles. The van der Waals surface area contributed by atoms with E-state index in [-0.39, 0.29) is 16.4 Å². The highest BCUT2D eigenvalue weighted by molar-refractivity contribution is 7.92. The van der Waals surface area contributed by atoms with Gasteiger partial charge in [-0.2, -0.15) is 13.5 Å². The van der Waals surface area contributed by atoms with E-state index in [9.17, 15) is 18.5 Å². The lowest BCUT2D eigenvalue weighted by molar-refractivity contribution is -0.385. The van der Waals surface area contributed by atoms with Crippen LogP contribution in [0.4, 0.5) is 11.4 Å². The van der Waals surface area contributed by atoms with Gasteiger partial charge in [0, 0.05) is 11.6 Å². The Labute approximate surface area is 108 Å². The lowest BCUT2D eigenvalue weighted by atomic mass is 10.2. The van der Waals surface area contributed by atoms with Crippen LogP contribution in [-0.4, -0.2) is 23.5 Å². The number of sulfonamides is 1. The van der Waals surface area contributed by atoms with Gasteiger partial charge in [-0.05, 0) is 19.1 Å². The number of nitro groups is 1. The zero-order valence-electron chi connectivity index (χ0n) is 9.82. The highest BCUT2D eigenvalue weighted by Crippen LogP contribution is 2.23. The number of rotatable bonds is 4. The molecule has 100 valence electrons. The van der Waals surface area contributed by atoms with Crippen LogP contribution < -0.4 is 4.72 Å². The Balaban J connectivity index is 2.35. The summed E-state index contributed by atoms with van der Waals surface area (Å²) >= 11 is 0. The van der Waals surface area contributed by atoms with Gasteiger partial charge in [-0.25, -0.2) is 0 Å². The largest absolute Gasteiger partial charge is 0.278 e. The molecule has 0 saturated heterocycles. The predicted octanol–water partition coefficient (Wildman–Crippen LogP) is 1.43. The second-order valence-corrected chi connectivity index (χ2v) is 5.44. The molecule has 0 aliphatic rings. The van der Waals surface area contributed by atoms with Crippen LogP contribution in [0.1, 0.15) is 5.56 Å². The van der Waals surface area contributed by atoms with E-state index in [2.05, 4.69) is 14.9 Å². The molecule has 0 aliphatic carbocycles. The minimum Gasteiger partial charge on any atom is -0.278 e. The summed E-state index contributed by atoms with van der Waals surface area (Å²) in [6, 6.07) is 5.38. The van der Waals surface area contributed by atoms with Crippen molar-refractivity contribution < 1.29 is 13.3 Å². The monoisotopic (exact) mass is 282 g/mol. The summed E-state index contributed by atoms with van der Waals surface area (Å²) in [5.74, 6) is 0. The third kappa shape index (κ3) is 2.71. The summed E-state index contributed by atoms with van der Waals surface area (Å²) < 4.78 is 26.0. The van der Waals surface area contributed by atoms with Gasteiger partial charge in [0.15, 0.2) is 5.03 Å². The Kier molecular flexibility index (Phi) is 3.21. The second kappa shape index (κ2) is 4.69. The first-order chi connectivity index (χ1) is 8.90. The molecule has 0 fully saturated rings. The van der Waals surface area contributed by atoms with Crippen LogP contribution in [0, 0.1) is 17.0 Å². The van der Waals surface area contributed by atoms with E-state index in [1.165, 1.54) is 30.5 Å². The average Bonchev–Trinajstić information content (AvgIpc) is 2.85. The summed E-state index contributed by atoms with van der Waals surface area (Å²) in [5.41, 5.74) is 0.422. The molecule has 9 heteroatoms. The highest BCUT2D eigenvalue weighted by atomic mass is 32.2. The van der Waals surface area contributed by atoms with Gasteiger partial charge in [-0.3, -0.25) is 19.9 Å².